The van der Waals surface area contributed by atoms with Gasteiger partial charge in [0, 0.05) is 16.5 Å². The lowest BCUT2D eigenvalue weighted by Gasteiger charge is -2.07. The Balaban J connectivity index is 1.35. The fourth-order valence-electron chi connectivity index (χ4n) is 2.58. The van der Waals surface area contributed by atoms with E-state index in [-0.39, 0.29) is 30.0 Å². The van der Waals surface area contributed by atoms with Crippen LogP contribution in [0.4, 0.5) is 10.1 Å². The maximum atomic E-state index is 12.9. The largest absolute Gasteiger partial charge is 0.484 e. The SMILES string of the molecule is O=C(CSCc1ccc(Cl)cc1)N/N=C\c1ccc(OCC(=O)Nc2ccc(F)cc2)cc1. The summed E-state index contributed by atoms with van der Waals surface area (Å²) in [6.45, 7) is -0.186. The molecule has 0 aromatic heterocycles. The number of amides is 2. The topological polar surface area (TPSA) is 79.8 Å². The molecule has 0 fully saturated rings. The molecule has 2 amide bonds. The number of hydrazone groups is 1. The molecule has 0 saturated heterocycles. The monoisotopic (exact) mass is 485 g/mol. The molecule has 0 saturated carbocycles. The van der Waals surface area contributed by atoms with Gasteiger partial charge in [0.15, 0.2) is 6.61 Å². The van der Waals surface area contributed by atoms with Gasteiger partial charge in [0.2, 0.25) is 5.91 Å². The van der Waals surface area contributed by atoms with E-state index in [1.54, 1.807) is 24.3 Å². The lowest BCUT2D eigenvalue weighted by atomic mass is 10.2. The number of anilines is 1. The highest BCUT2D eigenvalue weighted by Crippen LogP contribution is 2.15. The summed E-state index contributed by atoms with van der Waals surface area (Å²) < 4.78 is 18.3. The minimum atomic E-state index is -0.375. The van der Waals surface area contributed by atoms with Crippen LogP contribution in [0.15, 0.2) is 77.9 Å². The highest BCUT2D eigenvalue weighted by Gasteiger charge is 2.04. The van der Waals surface area contributed by atoms with E-state index in [0.29, 0.717) is 22.2 Å². The van der Waals surface area contributed by atoms with Crippen LogP contribution in [-0.2, 0) is 15.3 Å². The number of thioether (sulfide) groups is 1. The summed E-state index contributed by atoms with van der Waals surface area (Å²) in [4.78, 5) is 23.8. The van der Waals surface area contributed by atoms with E-state index in [9.17, 15) is 14.0 Å². The minimum absolute atomic E-state index is 0.186. The van der Waals surface area contributed by atoms with Crippen molar-refractivity contribution in [3.05, 3.63) is 94.8 Å². The summed E-state index contributed by atoms with van der Waals surface area (Å²) in [5.41, 5.74) is 4.83. The molecule has 0 unspecified atom stereocenters. The van der Waals surface area contributed by atoms with Gasteiger partial charge in [-0.05, 0) is 71.8 Å². The molecular weight excluding hydrogens is 465 g/mol. The minimum Gasteiger partial charge on any atom is -0.484 e. The highest BCUT2D eigenvalue weighted by molar-refractivity contribution is 7.99. The first kappa shape index (κ1) is 24.3. The van der Waals surface area contributed by atoms with Crippen molar-refractivity contribution in [2.45, 2.75) is 5.75 Å². The van der Waals surface area contributed by atoms with Crippen LogP contribution in [0.2, 0.25) is 5.02 Å². The van der Waals surface area contributed by atoms with Crippen molar-refractivity contribution in [2.24, 2.45) is 5.10 Å². The number of rotatable bonds is 10. The van der Waals surface area contributed by atoms with E-state index in [0.717, 1.165) is 11.1 Å². The Hall–Kier alpha value is -3.36. The number of nitrogens with zero attached hydrogens (tertiary/aromatic N) is 1. The second-order valence-electron chi connectivity index (χ2n) is 6.83. The first-order chi connectivity index (χ1) is 16.0. The third-order valence-corrected chi connectivity index (χ3v) is 5.45. The molecule has 3 aromatic rings. The van der Waals surface area contributed by atoms with Gasteiger partial charge in [-0.2, -0.15) is 5.10 Å². The first-order valence-corrected chi connectivity index (χ1v) is 11.4. The van der Waals surface area contributed by atoms with E-state index >= 15 is 0 Å². The zero-order valence-electron chi connectivity index (χ0n) is 17.5. The molecular formula is C24H21ClFN3O3S. The number of hydrogen-bond acceptors (Lipinski definition) is 5. The molecule has 6 nitrogen and oxygen atoms in total. The molecule has 33 heavy (non-hydrogen) atoms. The Labute approximate surface area is 200 Å². The van der Waals surface area contributed by atoms with Crippen LogP contribution in [0, 0.1) is 5.82 Å². The molecule has 0 aliphatic rings. The predicted molar refractivity (Wildman–Crippen MR) is 130 cm³/mol. The van der Waals surface area contributed by atoms with Crippen molar-refractivity contribution in [1.82, 2.24) is 5.43 Å². The second-order valence-corrected chi connectivity index (χ2v) is 8.25. The van der Waals surface area contributed by atoms with Crippen LogP contribution >= 0.6 is 23.4 Å². The third-order valence-electron chi connectivity index (χ3n) is 4.20. The summed E-state index contributed by atoms with van der Waals surface area (Å²) in [5, 5.41) is 7.25. The van der Waals surface area contributed by atoms with Gasteiger partial charge in [-0.25, -0.2) is 9.82 Å². The predicted octanol–water partition coefficient (Wildman–Crippen LogP) is 4.88. The molecule has 0 aliphatic heterocycles. The molecule has 9 heteroatoms. The average molecular weight is 486 g/mol. The Kier molecular flexibility index (Phi) is 9.29. The molecule has 0 bridgehead atoms. The molecule has 2 N–H and O–H groups in total. The number of benzene rings is 3. The van der Waals surface area contributed by atoms with E-state index < -0.39 is 0 Å². The number of carbonyl (C=O) groups excluding carboxylic acids is 2. The molecule has 0 aliphatic carbocycles. The molecule has 0 heterocycles. The summed E-state index contributed by atoms with van der Waals surface area (Å²) in [5.74, 6) is 0.565. The number of halogens is 2. The molecule has 0 spiro atoms. The Morgan fingerprint density at radius 3 is 2.36 bits per heavy atom. The number of carbonyl (C=O) groups is 2. The Morgan fingerprint density at radius 2 is 1.67 bits per heavy atom. The van der Waals surface area contributed by atoms with Crippen LogP contribution in [0.5, 0.6) is 5.75 Å². The molecule has 3 rings (SSSR count). The normalized spacial score (nSPS) is 10.7. The quantitative estimate of drug-likeness (QED) is 0.317. The van der Waals surface area contributed by atoms with E-state index in [2.05, 4.69) is 15.8 Å². The van der Waals surface area contributed by atoms with Gasteiger partial charge >= 0.3 is 0 Å². The highest BCUT2D eigenvalue weighted by atomic mass is 35.5. The van der Waals surface area contributed by atoms with Crippen molar-refractivity contribution in [3.8, 4) is 5.75 Å². The standard InChI is InChI=1S/C24H21ClFN3O3S/c25-19-5-1-18(2-6-19)15-33-16-24(31)29-27-13-17-3-11-22(12-4-17)32-14-23(30)28-21-9-7-20(26)8-10-21/h1-13H,14-16H2,(H,28,30)(H,29,31)/b27-13-. The van der Waals surface area contributed by atoms with Gasteiger partial charge in [-0.15, -0.1) is 11.8 Å². The zero-order valence-corrected chi connectivity index (χ0v) is 19.0. The molecule has 170 valence electrons. The van der Waals surface area contributed by atoms with E-state index in [4.69, 9.17) is 16.3 Å². The number of hydrogen-bond donors (Lipinski definition) is 2. The lowest BCUT2D eigenvalue weighted by molar-refractivity contribution is -0.119. The maximum absolute atomic E-state index is 12.9. The van der Waals surface area contributed by atoms with Gasteiger partial charge in [0.1, 0.15) is 11.6 Å². The fourth-order valence-corrected chi connectivity index (χ4v) is 3.49. The van der Waals surface area contributed by atoms with Crippen LogP contribution in [0.25, 0.3) is 0 Å². The smallest absolute Gasteiger partial charge is 0.262 e. The van der Waals surface area contributed by atoms with Crippen LogP contribution in [0.3, 0.4) is 0 Å². The Morgan fingerprint density at radius 1 is 0.970 bits per heavy atom. The van der Waals surface area contributed by atoms with Crippen molar-refractivity contribution >= 4 is 47.1 Å². The average Bonchev–Trinajstić information content (AvgIpc) is 2.81. The lowest BCUT2D eigenvalue weighted by Crippen LogP contribution is -2.20. The maximum Gasteiger partial charge on any atom is 0.262 e. The zero-order chi connectivity index (χ0) is 23.5. The third kappa shape index (κ3) is 8.96. The van der Waals surface area contributed by atoms with Gasteiger partial charge < -0.3 is 10.1 Å². The van der Waals surface area contributed by atoms with Crippen molar-refractivity contribution in [3.63, 3.8) is 0 Å². The molecule has 0 radical (unpaired) electrons. The van der Waals surface area contributed by atoms with Crippen molar-refractivity contribution in [1.29, 1.82) is 0 Å². The van der Waals surface area contributed by atoms with E-state index in [1.165, 1.54) is 42.2 Å². The molecule has 3 aromatic carbocycles. The van der Waals surface area contributed by atoms with Gasteiger partial charge in [0.05, 0.1) is 12.0 Å². The van der Waals surface area contributed by atoms with Crippen molar-refractivity contribution in [2.75, 3.05) is 17.7 Å². The Bertz CT molecular complexity index is 1090. The number of nitrogens with one attached hydrogen (secondary N) is 2. The van der Waals surface area contributed by atoms with Gasteiger partial charge in [0.25, 0.3) is 5.91 Å². The molecule has 0 atom stereocenters. The summed E-state index contributed by atoms with van der Waals surface area (Å²) in [6.07, 6.45) is 1.52. The van der Waals surface area contributed by atoms with Crippen molar-refractivity contribution < 1.29 is 18.7 Å². The number of ether oxygens (including phenoxy) is 1. The fraction of sp³-hybridized carbons (Fsp3) is 0.125. The van der Waals surface area contributed by atoms with Gasteiger partial charge in [-0.3, -0.25) is 9.59 Å². The summed E-state index contributed by atoms with van der Waals surface area (Å²) in [6, 6.07) is 19.8. The van der Waals surface area contributed by atoms with Crippen LogP contribution in [-0.4, -0.2) is 30.4 Å². The first-order valence-electron chi connectivity index (χ1n) is 9.90. The second kappa shape index (κ2) is 12.6. The van der Waals surface area contributed by atoms with E-state index in [1.807, 2.05) is 24.3 Å². The van der Waals surface area contributed by atoms with Crippen LogP contribution < -0.4 is 15.5 Å². The summed E-state index contributed by atoms with van der Waals surface area (Å²) in [7, 11) is 0. The van der Waals surface area contributed by atoms with Crippen LogP contribution in [0.1, 0.15) is 11.1 Å². The summed E-state index contributed by atoms with van der Waals surface area (Å²) >= 11 is 7.33. The van der Waals surface area contributed by atoms with Gasteiger partial charge in [-0.1, -0.05) is 23.7 Å².